The van der Waals surface area contributed by atoms with Gasteiger partial charge in [0.1, 0.15) is 6.17 Å². The SMILES string of the molecule is COS(=O)(=O)OC1(Cl)CCCC(F)C1. The summed E-state index contributed by atoms with van der Waals surface area (Å²) in [5.41, 5.74) is 0. The molecule has 0 N–H and O–H groups in total. The number of halogens is 2. The molecule has 0 aromatic rings. The number of hydrogen-bond acceptors (Lipinski definition) is 4. The predicted molar refractivity (Wildman–Crippen MR) is 49.0 cm³/mol. The fourth-order valence-corrected chi connectivity index (χ4v) is 2.53. The average molecular weight is 247 g/mol. The zero-order chi connectivity index (χ0) is 10.8. The lowest BCUT2D eigenvalue weighted by molar-refractivity contribution is 0.0602. The third-order valence-corrected chi connectivity index (χ3v) is 3.49. The highest BCUT2D eigenvalue weighted by atomic mass is 35.5. The molecule has 14 heavy (non-hydrogen) atoms. The molecule has 1 aliphatic carbocycles. The van der Waals surface area contributed by atoms with Crippen LogP contribution in [0.3, 0.4) is 0 Å². The predicted octanol–water partition coefficient (Wildman–Crippen LogP) is 1.74. The molecule has 0 heterocycles. The van der Waals surface area contributed by atoms with E-state index >= 15 is 0 Å². The van der Waals surface area contributed by atoms with Gasteiger partial charge in [0.25, 0.3) is 0 Å². The Hall–Kier alpha value is 0.0900. The van der Waals surface area contributed by atoms with Gasteiger partial charge in [0.05, 0.1) is 7.11 Å². The molecule has 0 saturated heterocycles. The second kappa shape index (κ2) is 4.30. The van der Waals surface area contributed by atoms with Gasteiger partial charge in [-0.2, -0.15) is 8.42 Å². The summed E-state index contributed by atoms with van der Waals surface area (Å²) in [6.07, 6.45) is -0.0444. The molecule has 1 aliphatic rings. The van der Waals surface area contributed by atoms with E-state index in [1.54, 1.807) is 0 Å². The Balaban J connectivity index is 2.66. The minimum Gasteiger partial charge on any atom is -0.251 e. The molecule has 2 atom stereocenters. The maximum Gasteiger partial charge on any atom is 0.401 e. The number of rotatable bonds is 3. The second-order valence-corrected chi connectivity index (χ2v) is 5.24. The smallest absolute Gasteiger partial charge is 0.251 e. The molecule has 0 bridgehead atoms. The molecule has 0 aromatic heterocycles. The van der Waals surface area contributed by atoms with Crippen LogP contribution >= 0.6 is 11.6 Å². The highest BCUT2D eigenvalue weighted by Crippen LogP contribution is 2.37. The zero-order valence-corrected chi connectivity index (χ0v) is 9.28. The van der Waals surface area contributed by atoms with E-state index in [0.717, 1.165) is 7.11 Å². The number of alkyl halides is 2. The Kier molecular flexibility index (Phi) is 3.74. The molecule has 0 aliphatic heterocycles. The van der Waals surface area contributed by atoms with Crippen molar-refractivity contribution in [2.45, 2.75) is 36.9 Å². The first-order valence-electron chi connectivity index (χ1n) is 4.21. The van der Waals surface area contributed by atoms with E-state index in [0.29, 0.717) is 19.3 Å². The van der Waals surface area contributed by atoms with Gasteiger partial charge in [0, 0.05) is 6.42 Å². The minimum absolute atomic E-state index is 0.128. The van der Waals surface area contributed by atoms with Crippen LogP contribution in [-0.2, 0) is 18.8 Å². The first-order valence-corrected chi connectivity index (χ1v) is 5.92. The first-order chi connectivity index (χ1) is 6.37. The van der Waals surface area contributed by atoms with E-state index in [2.05, 4.69) is 8.37 Å². The molecule has 1 fully saturated rings. The fraction of sp³-hybridized carbons (Fsp3) is 1.00. The molecule has 0 aromatic carbocycles. The third-order valence-electron chi connectivity index (χ3n) is 2.05. The molecule has 84 valence electrons. The first kappa shape index (κ1) is 12.2. The normalized spacial score (nSPS) is 34.4. The van der Waals surface area contributed by atoms with E-state index in [-0.39, 0.29) is 6.42 Å². The summed E-state index contributed by atoms with van der Waals surface area (Å²) in [7, 11) is -3.14. The van der Waals surface area contributed by atoms with Crippen LogP contribution in [0.15, 0.2) is 0 Å². The van der Waals surface area contributed by atoms with Crippen molar-refractivity contribution in [3.63, 3.8) is 0 Å². The summed E-state index contributed by atoms with van der Waals surface area (Å²) >= 11 is 5.81. The molecule has 0 spiro atoms. The lowest BCUT2D eigenvalue weighted by atomic mass is 9.96. The number of hydrogen-bond donors (Lipinski definition) is 0. The van der Waals surface area contributed by atoms with Crippen molar-refractivity contribution in [2.24, 2.45) is 0 Å². The largest absolute Gasteiger partial charge is 0.401 e. The molecule has 0 amide bonds. The van der Waals surface area contributed by atoms with Crippen molar-refractivity contribution in [1.82, 2.24) is 0 Å². The van der Waals surface area contributed by atoms with Gasteiger partial charge in [-0.1, -0.05) is 11.6 Å². The quantitative estimate of drug-likeness (QED) is 0.712. The lowest BCUT2D eigenvalue weighted by Gasteiger charge is -2.31. The van der Waals surface area contributed by atoms with Crippen molar-refractivity contribution in [2.75, 3.05) is 7.11 Å². The van der Waals surface area contributed by atoms with Crippen LogP contribution in [-0.4, -0.2) is 26.8 Å². The van der Waals surface area contributed by atoms with Crippen LogP contribution in [0.1, 0.15) is 25.7 Å². The molecular weight excluding hydrogens is 235 g/mol. The third kappa shape index (κ3) is 3.34. The van der Waals surface area contributed by atoms with Gasteiger partial charge >= 0.3 is 10.4 Å². The molecule has 1 saturated carbocycles. The van der Waals surface area contributed by atoms with Crippen LogP contribution < -0.4 is 0 Å². The molecule has 2 unspecified atom stereocenters. The standard InChI is InChI=1S/C7H12ClFO4S/c1-12-14(10,11)13-7(8)4-2-3-6(9)5-7/h6H,2-5H2,1H3. The van der Waals surface area contributed by atoms with E-state index in [4.69, 9.17) is 11.6 Å². The highest BCUT2D eigenvalue weighted by Gasteiger charge is 2.40. The second-order valence-electron chi connectivity index (χ2n) is 3.23. The average Bonchev–Trinajstić information content (AvgIpc) is 2.01. The van der Waals surface area contributed by atoms with E-state index < -0.39 is 21.6 Å². The van der Waals surface area contributed by atoms with Crippen LogP contribution in [0.4, 0.5) is 4.39 Å². The van der Waals surface area contributed by atoms with Gasteiger partial charge in [0.2, 0.25) is 0 Å². The summed E-state index contributed by atoms with van der Waals surface area (Å²) in [5, 5.41) is -1.48. The molecule has 1 rings (SSSR count). The van der Waals surface area contributed by atoms with Crippen LogP contribution in [0.5, 0.6) is 0 Å². The summed E-state index contributed by atoms with van der Waals surface area (Å²) in [6.45, 7) is 0. The van der Waals surface area contributed by atoms with Gasteiger partial charge in [-0.05, 0) is 19.3 Å². The summed E-state index contributed by atoms with van der Waals surface area (Å²) in [6, 6.07) is 0. The summed E-state index contributed by atoms with van der Waals surface area (Å²) in [5.74, 6) is 0. The molecular formula is C7H12ClFO4S. The molecule has 0 radical (unpaired) electrons. The van der Waals surface area contributed by atoms with Crippen molar-refractivity contribution in [3.8, 4) is 0 Å². The topological polar surface area (TPSA) is 52.6 Å². The van der Waals surface area contributed by atoms with E-state index in [1.807, 2.05) is 0 Å². The minimum atomic E-state index is -4.10. The van der Waals surface area contributed by atoms with Gasteiger partial charge in [-0.25, -0.2) is 8.57 Å². The van der Waals surface area contributed by atoms with Crippen LogP contribution in [0, 0.1) is 0 Å². The Bertz CT molecular complexity index is 294. The Morgan fingerprint density at radius 2 is 2.21 bits per heavy atom. The van der Waals surface area contributed by atoms with Crippen molar-refractivity contribution < 1.29 is 21.2 Å². The molecule has 7 heteroatoms. The van der Waals surface area contributed by atoms with Gasteiger partial charge in [-0.15, -0.1) is 0 Å². The zero-order valence-electron chi connectivity index (χ0n) is 7.70. The fourth-order valence-electron chi connectivity index (χ4n) is 1.42. The van der Waals surface area contributed by atoms with Crippen LogP contribution in [0.25, 0.3) is 0 Å². The van der Waals surface area contributed by atoms with E-state index in [9.17, 15) is 12.8 Å². The molecule has 4 nitrogen and oxygen atoms in total. The van der Waals surface area contributed by atoms with Crippen molar-refractivity contribution >= 4 is 22.0 Å². The summed E-state index contributed by atoms with van der Waals surface area (Å²) in [4.78, 5) is 0. The van der Waals surface area contributed by atoms with Gasteiger partial charge < -0.3 is 0 Å². The maximum absolute atomic E-state index is 13.0. The summed E-state index contributed by atoms with van der Waals surface area (Å²) < 4.78 is 43.5. The Labute approximate surface area is 87.7 Å². The monoisotopic (exact) mass is 246 g/mol. The van der Waals surface area contributed by atoms with Crippen molar-refractivity contribution in [1.29, 1.82) is 0 Å². The highest BCUT2D eigenvalue weighted by molar-refractivity contribution is 7.81. The van der Waals surface area contributed by atoms with E-state index in [1.165, 1.54) is 0 Å². The van der Waals surface area contributed by atoms with Crippen LogP contribution in [0.2, 0.25) is 0 Å². The van der Waals surface area contributed by atoms with Gasteiger partial charge in [-0.3, -0.25) is 4.18 Å². The van der Waals surface area contributed by atoms with Crippen molar-refractivity contribution in [3.05, 3.63) is 0 Å². The van der Waals surface area contributed by atoms with Gasteiger partial charge in [0.15, 0.2) is 5.06 Å². The Morgan fingerprint density at radius 3 is 2.71 bits per heavy atom. The maximum atomic E-state index is 13.0. The lowest BCUT2D eigenvalue weighted by Crippen LogP contribution is -2.35. The Morgan fingerprint density at radius 1 is 1.57 bits per heavy atom.